The summed E-state index contributed by atoms with van der Waals surface area (Å²) >= 11 is 1.71. The van der Waals surface area contributed by atoms with E-state index in [9.17, 15) is 0 Å². The van der Waals surface area contributed by atoms with E-state index in [0.29, 0.717) is 0 Å². The summed E-state index contributed by atoms with van der Waals surface area (Å²) in [5.74, 6) is 0.848. The van der Waals surface area contributed by atoms with E-state index >= 15 is 0 Å². The minimum Gasteiger partial charge on any atom is -0.243 e. The number of fused-ring (bicyclic) bond motifs is 3. The van der Waals surface area contributed by atoms with E-state index in [1.807, 2.05) is 6.07 Å². The van der Waals surface area contributed by atoms with Crippen LogP contribution < -0.4 is 0 Å². The van der Waals surface area contributed by atoms with E-state index in [1.165, 1.54) is 16.7 Å². The summed E-state index contributed by atoms with van der Waals surface area (Å²) in [6.45, 7) is 4.22. The molecule has 3 nitrogen and oxygen atoms in total. The third kappa shape index (κ3) is 3.55. The van der Waals surface area contributed by atoms with E-state index in [2.05, 4.69) is 90.5 Å². The van der Waals surface area contributed by atoms with E-state index in [0.717, 1.165) is 43.8 Å². The van der Waals surface area contributed by atoms with E-state index in [4.69, 9.17) is 4.98 Å². The zero-order chi connectivity index (χ0) is 20.5. The van der Waals surface area contributed by atoms with Gasteiger partial charge in [0.15, 0.2) is 0 Å². The zero-order valence-electron chi connectivity index (χ0n) is 17.0. The van der Waals surface area contributed by atoms with Gasteiger partial charge in [-0.3, -0.25) is 0 Å². The molecule has 0 amide bonds. The van der Waals surface area contributed by atoms with Crippen LogP contribution in [0.25, 0.3) is 33.1 Å². The van der Waals surface area contributed by atoms with Gasteiger partial charge >= 0.3 is 0 Å². The summed E-state index contributed by atoms with van der Waals surface area (Å²) < 4.78 is 0. The normalized spacial score (nSPS) is 11.3. The van der Waals surface area contributed by atoms with Gasteiger partial charge in [-0.2, -0.15) is 0 Å². The van der Waals surface area contributed by atoms with Crippen LogP contribution in [0.15, 0.2) is 84.1 Å². The molecule has 0 spiro atoms. The van der Waals surface area contributed by atoms with Crippen molar-refractivity contribution in [2.75, 3.05) is 0 Å². The largest absolute Gasteiger partial charge is 0.243 e. The number of rotatable bonds is 4. The number of hydrogen-bond donors (Lipinski definition) is 0. The molecule has 5 rings (SSSR count). The summed E-state index contributed by atoms with van der Waals surface area (Å²) in [4.78, 5) is 14.3. The standard InChI is InChI=1S/C26H21N3S/c1-17-8-11-20(12-9-17)23-22-14-18(2)10-13-21(22)24-25(29-23)26(28-16-27-24)30-15-19-6-4-3-5-7-19/h3-14,16H,15H2,1-2H3. The maximum atomic E-state index is 5.11. The Bertz CT molecular complexity index is 1350. The molecule has 0 radical (unpaired) electrons. The van der Waals surface area contributed by atoms with Gasteiger partial charge in [-0.25, -0.2) is 15.0 Å². The van der Waals surface area contributed by atoms with Crippen molar-refractivity contribution >= 4 is 33.6 Å². The highest BCUT2D eigenvalue weighted by atomic mass is 32.2. The minimum atomic E-state index is 0.848. The first-order valence-corrected chi connectivity index (χ1v) is 11.0. The molecule has 30 heavy (non-hydrogen) atoms. The molecule has 2 aromatic heterocycles. The lowest BCUT2D eigenvalue weighted by Gasteiger charge is -2.12. The summed E-state index contributed by atoms with van der Waals surface area (Å²) in [5.41, 5.74) is 7.59. The molecular weight excluding hydrogens is 386 g/mol. The molecule has 5 aromatic rings. The Hall–Kier alpha value is -3.24. The van der Waals surface area contributed by atoms with Gasteiger partial charge in [0, 0.05) is 22.1 Å². The van der Waals surface area contributed by atoms with Gasteiger partial charge in [0.05, 0.1) is 5.69 Å². The van der Waals surface area contributed by atoms with Gasteiger partial charge in [0.25, 0.3) is 0 Å². The molecule has 0 saturated carbocycles. The van der Waals surface area contributed by atoms with Crippen molar-refractivity contribution < 1.29 is 0 Å². The van der Waals surface area contributed by atoms with Crippen molar-refractivity contribution in [3.63, 3.8) is 0 Å². The van der Waals surface area contributed by atoms with E-state index < -0.39 is 0 Å². The van der Waals surface area contributed by atoms with Crippen LogP contribution in [-0.4, -0.2) is 15.0 Å². The summed E-state index contributed by atoms with van der Waals surface area (Å²) in [7, 11) is 0. The molecule has 0 aliphatic heterocycles. The Balaban J connectivity index is 1.71. The van der Waals surface area contributed by atoms with Crippen LogP contribution in [0, 0.1) is 13.8 Å². The summed E-state index contributed by atoms with van der Waals surface area (Å²) in [6.07, 6.45) is 1.65. The zero-order valence-corrected chi connectivity index (χ0v) is 17.8. The SMILES string of the molecule is Cc1ccc(-c2nc3c(SCc4ccccc4)ncnc3c3ccc(C)cc23)cc1. The van der Waals surface area contributed by atoms with Gasteiger partial charge in [-0.1, -0.05) is 89.6 Å². The van der Waals surface area contributed by atoms with Gasteiger partial charge < -0.3 is 0 Å². The highest BCUT2D eigenvalue weighted by Gasteiger charge is 2.15. The second-order valence-electron chi connectivity index (χ2n) is 7.53. The fraction of sp³-hybridized carbons (Fsp3) is 0.115. The second-order valence-corrected chi connectivity index (χ2v) is 8.49. The van der Waals surface area contributed by atoms with Crippen LogP contribution in [0.4, 0.5) is 0 Å². The van der Waals surface area contributed by atoms with E-state index in [1.54, 1.807) is 18.1 Å². The molecule has 0 N–H and O–H groups in total. The molecule has 0 unspecified atom stereocenters. The predicted molar refractivity (Wildman–Crippen MR) is 126 cm³/mol. The molecule has 0 saturated heterocycles. The summed E-state index contributed by atoms with van der Waals surface area (Å²) in [6, 6.07) is 25.5. The van der Waals surface area contributed by atoms with Crippen molar-refractivity contribution in [1.82, 2.24) is 15.0 Å². The quantitative estimate of drug-likeness (QED) is 0.187. The van der Waals surface area contributed by atoms with Crippen LogP contribution in [0.1, 0.15) is 16.7 Å². The third-order valence-electron chi connectivity index (χ3n) is 5.24. The average Bonchev–Trinajstić information content (AvgIpc) is 2.78. The maximum absolute atomic E-state index is 5.11. The fourth-order valence-corrected chi connectivity index (χ4v) is 4.55. The topological polar surface area (TPSA) is 38.7 Å². The highest BCUT2D eigenvalue weighted by molar-refractivity contribution is 7.98. The number of hydrogen-bond acceptors (Lipinski definition) is 4. The first-order valence-electron chi connectivity index (χ1n) is 9.98. The fourth-order valence-electron chi connectivity index (χ4n) is 3.66. The van der Waals surface area contributed by atoms with Crippen LogP contribution in [0.3, 0.4) is 0 Å². The van der Waals surface area contributed by atoms with Gasteiger partial charge in [0.1, 0.15) is 22.4 Å². The van der Waals surface area contributed by atoms with Gasteiger partial charge in [-0.05, 0) is 25.5 Å². The van der Waals surface area contributed by atoms with Crippen LogP contribution >= 0.6 is 11.8 Å². The van der Waals surface area contributed by atoms with E-state index in [-0.39, 0.29) is 0 Å². The highest BCUT2D eigenvalue weighted by Crippen LogP contribution is 2.35. The molecular formula is C26H21N3S. The average molecular weight is 408 g/mol. The first-order chi connectivity index (χ1) is 14.7. The third-order valence-corrected chi connectivity index (χ3v) is 6.29. The van der Waals surface area contributed by atoms with Crippen LogP contribution in [0.5, 0.6) is 0 Å². The van der Waals surface area contributed by atoms with Crippen LogP contribution in [0.2, 0.25) is 0 Å². The second kappa shape index (κ2) is 7.88. The van der Waals surface area contributed by atoms with Crippen molar-refractivity contribution in [2.24, 2.45) is 0 Å². The van der Waals surface area contributed by atoms with Gasteiger partial charge in [-0.15, -0.1) is 0 Å². The Labute approximate surface area is 180 Å². The number of benzene rings is 3. The lowest BCUT2D eigenvalue weighted by molar-refractivity contribution is 1.08. The minimum absolute atomic E-state index is 0.848. The van der Waals surface area contributed by atoms with Crippen molar-refractivity contribution in [3.05, 3.63) is 95.8 Å². The molecule has 146 valence electrons. The molecule has 0 bridgehead atoms. The Morgan fingerprint density at radius 2 is 1.50 bits per heavy atom. The Kier molecular flexibility index (Phi) is 4.93. The van der Waals surface area contributed by atoms with Crippen LogP contribution in [-0.2, 0) is 5.75 Å². The lowest BCUT2D eigenvalue weighted by atomic mass is 10.00. The number of pyridine rings is 1. The predicted octanol–water partition coefficient (Wildman–Crippen LogP) is 6.75. The van der Waals surface area contributed by atoms with Crippen molar-refractivity contribution in [1.29, 1.82) is 0 Å². The Morgan fingerprint density at radius 1 is 0.733 bits per heavy atom. The maximum Gasteiger partial charge on any atom is 0.126 e. The molecule has 0 atom stereocenters. The molecule has 0 fully saturated rings. The number of nitrogens with zero attached hydrogens (tertiary/aromatic N) is 3. The number of thioether (sulfide) groups is 1. The van der Waals surface area contributed by atoms with Crippen molar-refractivity contribution in [3.8, 4) is 11.3 Å². The van der Waals surface area contributed by atoms with Gasteiger partial charge in [0.2, 0.25) is 0 Å². The monoisotopic (exact) mass is 407 g/mol. The Morgan fingerprint density at radius 3 is 2.30 bits per heavy atom. The lowest BCUT2D eigenvalue weighted by Crippen LogP contribution is -1.96. The number of aryl methyl sites for hydroxylation is 2. The summed E-state index contributed by atoms with van der Waals surface area (Å²) in [5, 5.41) is 3.16. The molecule has 2 heterocycles. The molecule has 0 aliphatic rings. The number of aromatic nitrogens is 3. The molecule has 4 heteroatoms. The smallest absolute Gasteiger partial charge is 0.126 e. The molecule has 3 aromatic carbocycles. The van der Waals surface area contributed by atoms with Crippen molar-refractivity contribution in [2.45, 2.75) is 24.6 Å². The molecule has 0 aliphatic carbocycles. The first kappa shape index (κ1) is 18.8.